The van der Waals surface area contributed by atoms with Gasteiger partial charge in [-0.3, -0.25) is 4.79 Å². The van der Waals surface area contributed by atoms with Gasteiger partial charge in [0.1, 0.15) is 0 Å². The van der Waals surface area contributed by atoms with Crippen molar-refractivity contribution >= 4 is 17.5 Å². The first-order valence-corrected chi connectivity index (χ1v) is 7.15. The van der Waals surface area contributed by atoms with Crippen LogP contribution in [-0.2, 0) is 11.2 Å². The summed E-state index contributed by atoms with van der Waals surface area (Å²) in [6.07, 6.45) is 1.14. The van der Waals surface area contributed by atoms with Crippen molar-refractivity contribution in [2.45, 2.75) is 18.4 Å². The van der Waals surface area contributed by atoms with Gasteiger partial charge in [0.25, 0.3) is 0 Å². The number of carbonyl (C=O) groups excluding carboxylic acids is 1. The molecule has 1 aromatic rings. The van der Waals surface area contributed by atoms with Crippen LogP contribution < -0.4 is 0 Å². The second-order valence-electron chi connectivity index (χ2n) is 5.83. The highest BCUT2D eigenvalue weighted by molar-refractivity contribution is 6.30. The monoisotopic (exact) mass is 296 g/mol. The van der Waals surface area contributed by atoms with E-state index in [1.165, 1.54) is 0 Å². The molecule has 0 spiro atoms. The molecular weight excluding hydrogens is 276 g/mol. The summed E-state index contributed by atoms with van der Waals surface area (Å²) < 4.78 is 0. The second kappa shape index (κ2) is 6.12. The molecule has 1 aliphatic rings. The average molecular weight is 297 g/mol. The fourth-order valence-electron chi connectivity index (χ4n) is 2.61. The van der Waals surface area contributed by atoms with E-state index in [0.717, 1.165) is 5.56 Å². The number of hydrogen-bond donors (Lipinski definition) is 1. The van der Waals surface area contributed by atoms with Crippen LogP contribution in [0.1, 0.15) is 12.0 Å². The zero-order valence-corrected chi connectivity index (χ0v) is 12.7. The second-order valence-corrected chi connectivity index (χ2v) is 6.27. The Bertz CT molecular complexity index is 493. The fraction of sp³-hybridized carbons (Fsp3) is 0.533. The van der Waals surface area contributed by atoms with E-state index in [-0.39, 0.29) is 5.91 Å². The molecule has 0 aromatic heterocycles. The van der Waals surface area contributed by atoms with E-state index < -0.39 is 5.60 Å². The number of likely N-dealkylation sites (N-methyl/N-ethyl adjacent to an activating group) is 1. The summed E-state index contributed by atoms with van der Waals surface area (Å²) in [5.41, 5.74) is 0.161. The molecule has 1 amide bonds. The number of β-amino-alcohol motifs (C(OH)–C–C–N with tert-alkyl or cyclic N) is 1. The SMILES string of the molecule is CN(C)CC(=O)N1CCC(O)(Cc2cccc(Cl)c2)C1. The van der Waals surface area contributed by atoms with Gasteiger partial charge in [-0.15, -0.1) is 0 Å². The minimum atomic E-state index is -0.841. The van der Waals surface area contributed by atoms with Crippen LogP contribution in [0.2, 0.25) is 5.02 Å². The Balaban J connectivity index is 1.98. The topological polar surface area (TPSA) is 43.8 Å². The maximum absolute atomic E-state index is 12.0. The van der Waals surface area contributed by atoms with Crippen molar-refractivity contribution in [2.75, 3.05) is 33.7 Å². The Kier molecular flexibility index (Phi) is 4.68. The first-order chi connectivity index (χ1) is 9.38. The lowest BCUT2D eigenvalue weighted by Gasteiger charge is -2.24. The summed E-state index contributed by atoms with van der Waals surface area (Å²) in [7, 11) is 3.73. The zero-order valence-electron chi connectivity index (χ0n) is 12.0. The minimum Gasteiger partial charge on any atom is -0.388 e. The maximum atomic E-state index is 12.0. The van der Waals surface area contributed by atoms with Crippen LogP contribution in [0.3, 0.4) is 0 Å². The van der Waals surface area contributed by atoms with E-state index in [9.17, 15) is 9.90 Å². The summed E-state index contributed by atoms with van der Waals surface area (Å²) in [5, 5.41) is 11.3. The molecule has 1 unspecified atom stereocenters. The average Bonchev–Trinajstić information content (AvgIpc) is 2.70. The maximum Gasteiger partial charge on any atom is 0.236 e. The quantitative estimate of drug-likeness (QED) is 0.913. The number of carbonyl (C=O) groups is 1. The molecule has 5 heteroatoms. The van der Waals surface area contributed by atoms with Gasteiger partial charge in [-0.1, -0.05) is 23.7 Å². The van der Waals surface area contributed by atoms with Crippen molar-refractivity contribution in [3.63, 3.8) is 0 Å². The largest absolute Gasteiger partial charge is 0.388 e. The highest BCUT2D eigenvalue weighted by atomic mass is 35.5. The van der Waals surface area contributed by atoms with Crippen molar-refractivity contribution in [3.8, 4) is 0 Å². The molecule has 2 rings (SSSR count). The third-order valence-electron chi connectivity index (χ3n) is 3.56. The summed E-state index contributed by atoms with van der Waals surface area (Å²) in [4.78, 5) is 15.6. The molecule has 0 bridgehead atoms. The number of aliphatic hydroxyl groups is 1. The predicted molar refractivity (Wildman–Crippen MR) is 79.9 cm³/mol. The molecule has 0 radical (unpaired) electrons. The normalized spacial score (nSPS) is 22.6. The molecule has 0 saturated carbocycles. The fourth-order valence-corrected chi connectivity index (χ4v) is 2.82. The summed E-state index contributed by atoms with van der Waals surface area (Å²) in [6.45, 7) is 1.39. The molecule has 110 valence electrons. The number of halogens is 1. The van der Waals surface area contributed by atoms with Crippen LogP contribution in [0, 0.1) is 0 Å². The molecule has 20 heavy (non-hydrogen) atoms. The summed E-state index contributed by atoms with van der Waals surface area (Å²) in [5.74, 6) is 0.0667. The van der Waals surface area contributed by atoms with Gasteiger partial charge < -0.3 is 14.9 Å². The van der Waals surface area contributed by atoms with Gasteiger partial charge >= 0.3 is 0 Å². The van der Waals surface area contributed by atoms with Crippen molar-refractivity contribution in [1.82, 2.24) is 9.80 Å². The lowest BCUT2D eigenvalue weighted by Crippen LogP contribution is -2.40. The highest BCUT2D eigenvalue weighted by Gasteiger charge is 2.38. The van der Waals surface area contributed by atoms with Gasteiger partial charge in [0.15, 0.2) is 0 Å². The number of amides is 1. The van der Waals surface area contributed by atoms with E-state index in [2.05, 4.69) is 0 Å². The summed E-state index contributed by atoms with van der Waals surface area (Å²) >= 11 is 5.96. The van der Waals surface area contributed by atoms with Crippen molar-refractivity contribution in [1.29, 1.82) is 0 Å². The predicted octanol–water partition coefficient (Wildman–Crippen LogP) is 1.41. The van der Waals surface area contributed by atoms with Crippen LogP contribution in [0.15, 0.2) is 24.3 Å². The molecule has 1 atom stereocenters. The molecule has 4 nitrogen and oxygen atoms in total. The Morgan fingerprint density at radius 2 is 2.25 bits per heavy atom. The first kappa shape index (κ1) is 15.3. The van der Waals surface area contributed by atoms with Gasteiger partial charge in [-0.25, -0.2) is 0 Å². The molecule has 1 heterocycles. The standard InChI is InChI=1S/C15H21ClN2O2/c1-17(2)10-14(19)18-7-6-15(20,11-18)9-12-4-3-5-13(16)8-12/h3-5,8,20H,6-7,9-11H2,1-2H3. The van der Waals surface area contributed by atoms with Gasteiger partial charge in [0, 0.05) is 24.5 Å². The van der Waals surface area contributed by atoms with Crippen LogP contribution >= 0.6 is 11.6 Å². The Labute approximate surface area is 124 Å². The Hall–Kier alpha value is -1.10. The molecule has 1 aliphatic heterocycles. The van der Waals surface area contributed by atoms with E-state index in [0.29, 0.717) is 37.5 Å². The van der Waals surface area contributed by atoms with Gasteiger partial charge in [0.2, 0.25) is 5.91 Å². The van der Waals surface area contributed by atoms with Crippen LogP contribution in [0.25, 0.3) is 0 Å². The van der Waals surface area contributed by atoms with Crippen LogP contribution in [0.4, 0.5) is 0 Å². The summed E-state index contributed by atoms with van der Waals surface area (Å²) in [6, 6.07) is 7.51. The molecule has 1 N–H and O–H groups in total. The van der Waals surface area contributed by atoms with E-state index in [1.807, 2.05) is 43.3 Å². The van der Waals surface area contributed by atoms with E-state index >= 15 is 0 Å². The first-order valence-electron chi connectivity index (χ1n) is 6.77. The highest BCUT2D eigenvalue weighted by Crippen LogP contribution is 2.26. The molecule has 0 aliphatic carbocycles. The lowest BCUT2D eigenvalue weighted by atomic mass is 9.94. The number of likely N-dealkylation sites (tertiary alicyclic amines) is 1. The van der Waals surface area contributed by atoms with Crippen molar-refractivity contribution in [3.05, 3.63) is 34.9 Å². The van der Waals surface area contributed by atoms with E-state index in [4.69, 9.17) is 11.6 Å². The van der Waals surface area contributed by atoms with Gasteiger partial charge in [-0.2, -0.15) is 0 Å². The van der Waals surface area contributed by atoms with Crippen molar-refractivity contribution in [2.24, 2.45) is 0 Å². The van der Waals surface area contributed by atoms with Gasteiger partial charge in [-0.05, 0) is 38.2 Å². The number of hydrogen-bond acceptors (Lipinski definition) is 3. The minimum absolute atomic E-state index is 0.0667. The number of nitrogens with zero attached hydrogens (tertiary/aromatic N) is 2. The van der Waals surface area contributed by atoms with Crippen molar-refractivity contribution < 1.29 is 9.90 Å². The molecule has 1 aromatic carbocycles. The Morgan fingerprint density at radius 3 is 2.90 bits per heavy atom. The molecule has 1 fully saturated rings. The van der Waals surface area contributed by atoms with Gasteiger partial charge in [0.05, 0.1) is 12.1 Å². The number of benzene rings is 1. The third-order valence-corrected chi connectivity index (χ3v) is 3.79. The number of rotatable bonds is 4. The molecular formula is C15H21ClN2O2. The zero-order chi connectivity index (χ0) is 14.8. The lowest BCUT2D eigenvalue weighted by molar-refractivity contribution is -0.131. The molecule has 1 saturated heterocycles. The van der Waals surface area contributed by atoms with E-state index in [1.54, 1.807) is 4.90 Å². The smallest absolute Gasteiger partial charge is 0.236 e. The Morgan fingerprint density at radius 1 is 1.50 bits per heavy atom. The third kappa shape index (κ3) is 3.95. The van der Waals surface area contributed by atoms with Crippen LogP contribution in [0.5, 0.6) is 0 Å². The van der Waals surface area contributed by atoms with Crippen LogP contribution in [-0.4, -0.2) is 60.1 Å².